The molecule has 0 aromatic heterocycles. The second kappa shape index (κ2) is 9.26. The SMILES string of the molecule is COc1ccc(NC(=O)c2cccc(OC)c2[Se]Cc2ccccc2)cc1. The van der Waals surface area contributed by atoms with Crippen LogP contribution in [0.4, 0.5) is 5.69 Å². The first kappa shape index (κ1) is 19.0. The van der Waals surface area contributed by atoms with Crippen molar-refractivity contribution in [3.8, 4) is 11.5 Å². The van der Waals surface area contributed by atoms with Gasteiger partial charge in [0.15, 0.2) is 0 Å². The van der Waals surface area contributed by atoms with Gasteiger partial charge in [-0.05, 0) is 0 Å². The number of anilines is 1. The van der Waals surface area contributed by atoms with Gasteiger partial charge in [0.25, 0.3) is 0 Å². The van der Waals surface area contributed by atoms with E-state index in [4.69, 9.17) is 9.47 Å². The van der Waals surface area contributed by atoms with Gasteiger partial charge in [-0.25, -0.2) is 0 Å². The predicted molar refractivity (Wildman–Crippen MR) is 109 cm³/mol. The van der Waals surface area contributed by atoms with Crippen LogP contribution in [0.1, 0.15) is 15.9 Å². The molecule has 0 radical (unpaired) electrons. The molecule has 3 rings (SSSR count). The summed E-state index contributed by atoms with van der Waals surface area (Å²) < 4.78 is 11.7. The van der Waals surface area contributed by atoms with Gasteiger partial charge in [0, 0.05) is 0 Å². The van der Waals surface area contributed by atoms with Gasteiger partial charge in [-0.3, -0.25) is 0 Å². The van der Waals surface area contributed by atoms with Crippen LogP contribution in [0.25, 0.3) is 0 Å². The molecular formula is C22H21NO3Se. The standard InChI is InChI=1S/C22H21NO3Se/c1-25-18-13-11-17(12-14-18)23-22(24)19-9-6-10-20(26-2)21(19)27-15-16-7-4-3-5-8-16/h3-14H,15H2,1-2H3,(H,23,24). The van der Waals surface area contributed by atoms with Gasteiger partial charge in [-0.15, -0.1) is 0 Å². The van der Waals surface area contributed by atoms with Crippen LogP contribution >= 0.6 is 0 Å². The predicted octanol–water partition coefficient (Wildman–Crippen LogP) is 3.49. The summed E-state index contributed by atoms with van der Waals surface area (Å²) in [5, 5.41) is 3.86. The third-order valence-electron chi connectivity index (χ3n) is 4.02. The fourth-order valence-electron chi connectivity index (χ4n) is 2.61. The van der Waals surface area contributed by atoms with Gasteiger partial charge in [0.2, 0.25) is 0 Å². The van der Waals surface area contributed by atoms with E-state index in [-0.39, 0.29) is 20.9 Å². The van der Waals surface area contributed by atoms with Crippen LogP contribution in [-0.4, -0.2) is 35.1 Å². The number of ether oxygens (including phenoxy) is 2. The molecule has 0 fully saturated rings. The number of methoxy groups -OCH3 is 2. The summed E-state index contributed by atoms with van der Waals surface area (Å²) in [6.07, 6.45) is 0. The fourth-order valence-corrected chi connectivity index (χ4v) is 4.94. The Hall–Kier alpha value is -2.75. The van der Waals surface area contributed by atoms with Crippen molar-refractivity contribution < 1.29 is 14.3 Å². The van der Waals surface area contributed by atoms with Crippen molar-refractivity contribution in [3.63, 3.8) is 0 Å². The number of benzene rings is 3. The van der Waals surface area contributed by atoms with Gasteiger partial charge < -0.3 is 0 Å². The Kier molecular flexibility index (Phi) is 6.53. The van der Waals surface area contributed by atoms with E-state index < -0.39 is 0 Å². The first-order valence-corrected chi connectivity index (χ1v) is 10.6. The summed E-state index contributed by atoms with van der Waals surface area (Å²) in [7, 11) is 3.26. The summed E-state index contributed by atoms with van der Waals surface area (Å²) in [4.78, 5) is 12.9. The van der Waals surface area contributed by atoms with E-state index in [1.54, 1.807) is 14.2 Å². The topological polar surface area (TPSA) is 47.6 Å². The summed E-state index contributed by atoms with van der Waals surface area (Å²) in [5.74, 6) is 1.37. The summed E-state index contributed by atoms with van der Waals surface area (Å²) in [5.41, 5.74) is 2.64. The first-order valence-electron chi connectivity index (χ1n) is 8.50. The zero-order chi connectivity index (χ0) is 19.1. The molecule has 0 saturated heterocycles. The van der Waals surface area contributed by atoms with E-state index in [9.17, 15) is 4.79 Å². The molecule has 0 heterocycles. The third kappa shape index (κ3) is 4.91. The normalized spacial score (nSPS) is 10.3. The third-order valence-corrected chi connectivity index (χ3v) is 6.51. The van der Waals surface area contributed by atoms with E-state index in [0.717, 1.165) is 27.0 Å². The van der Waals surface area contributed by atoms with E-state index >= 15 is 0 Å². The van der Waals surface area contributed by atoms with E-state index in [1.807, 2.05) is 60.7 Å². The number of hydrogen-bond donors (Lipinski definition) is 1. The molecular weight excluding hydrogens is 405 g/mol. The number of carbonyl (C=O) groups is 1. The summed E-state index contributed by atoms with van der Waals surface area (Å²) in [6.45, 7) is 0. The van der Waals surface area contributed by atoms with Crippen molar-refractivity contribution in [2.75, 3.05) is 19.5 Å². The van der Waals surface area contributed by atoms with Crippen LogP contribution in [0, 0.1) is 0 Å². The number of hydrogen-bond acceptors (Lipinski definition) is 3. The number of nitrogens with one attached hydrogen (secondary N) is 1. The molecule has 0 aliphatic carbocycles. The van der Waals surface area contributed by atoms with Crippen molar-refractivity contribution in [2.24, 2.45) is 0 Å². The van der Waals surface area contributed by atoms with Gasteiger partial charge in [0.1, 0.15) is 0 Å². The minimum atomic E-state index is -0.135. The minimum absolute atomic E-state index is 0.0700. The van der Waals surface area contributed by atoms with Crippen molar-refractivity contribution in [1.29, 1.82) is 0 Å². The number of rotatable bonds is 7. The van der Waals surface area contributed by atoms with Crippen molar-refractivity contribution in [1.82, 2.24) is 0 Å². The van der Waals surface area contributed by atoms with Gasteiger partial charge in [0.05, 0.1) is 0 Å². The average Bonchev–Trinajstić information content (AvgIpc) is 2.73. The van der Waals surface area contributed by atoms with E-state index in [1.165, 1.54) is 5.56 Å². The number of amides is 1. The average molecular weight is 426 g/mol. The zero-order valence-electron chi connectivity index (χ0n) is 15.3. The molecule has 0 spiro atoms. The number of carbonyl (C=O) groups excluding carboxylic acids is 1. The molecule has 3 aromatic carbocycles. The molecule has 0 unspecified atom stereocenters. The Morgan fingerprint density at radius 2 is 1.63 bits per heavy atom. The second-order valence-electron chi connectivity index (χ2n) is 5.79. The molecule has 5 heteroatoms. The van der Waals surface area contributed by atoms with Gasteiger partial charge in [-0.2, -0.15) is 0 Å². The Morgan fingerprint density at radius 3 is 2.30 bits per heavy atom. The van der Waals surface area contributed by atoms with Gasteiger partial charge >= 0.3 is 166 Å². The van der Waals surface area contributed by atoms with Crippen molar-refractivity contribution in [3.05, 3.63) is 83.9 Å². The Labute approximate surface area is 165 Å². The summed E-state index contributed by atoms with van der Waals surface area (Å²) >= 11 is 0.0700. The monoisotopic (exact) mass is 427 g/mol. The maximum atomic E-state index is 12.9. The molecule has 0 aliphatic rings. The van der Waals surface area contributed by atoms with E-state index in [0.29, 0.717) is 5.56 Å². The van der Waals surface area contributed by atoms with Crippen LogP contribution < -0.4 is 19.3 Å². The Morgan fingerprint density at radius 1 is 0.889 bits per heavy atom. The molecule has 0 atom stereocenters. The van der Waals surface area contributed by atoms with Crippen LogP contribution in [0.3, 0.4) is 0 Å². The van der Waals surface area contributed by atoms with Crippen molar-refractivity contribution in [2.45, 2.75) is 5.32 Å². The fraction of sp³-hybridized carbons (Fsp3) is 0.136. The van der Waals surface area contributed by atoms with Crippen molar-refractivity contribution >= 4 is 31.0 Å². The maximum absolute atomic E-state index is 12.9. The molecule has 27 heavy (non-hydrogen) atoms. The zero-order valence-corrected chi connectivity index (χ0v) is 17.0. The van der Waals surface area contributed by atoms with Crippen LogP contribution in [0.15, 0.2) is 72.8 Å². The molecule has 0 saturated carbocycles. The first-order chi connectivity index (χ1) is 13.2. The van der Waals surface area contributed by atoms with Gasteiger partial charge in [-0.1, -0.05) is 0 Å². The summed E-state index contributed by atoms with van der Waals surface area (Å²) in [6, 6.07) is 23.2. The molecule has 138 valence electrons. The second-order valence-corrected chi connectivity index (χ2v) is 7.86. The molecule has 1 amide bonds. The molecule has 0 bridgehead atoms. The van der Waals surface area contributed by atoms with Crippen LogP contribution in [0.2, 0.25) is 0 Å². The van der Waals surface area contributed by atoms with E-state index in [2.05, 4.69) is 17.4 Å². The Bertz CT molecular complexity index is 895. The molecule has 3 aromatic rings. The quantitative estimate of drug-likeness (QED) is 0.589. The molecule has 1 N–H and O–H groups in total. The van der Waals surface area contributed by atoms with Crippen LogP contribution in [0.5, 0.6) is 11.5 Å². The molecule has 0 aliphatic heterocycles. The molecule has 4 nitrogen and oxygen atoms in total. The van der Waals surface area contributed by atoms with Crippen LogP contribution in [-0.2, 0) is 5.32 Å². The Balaban J connectivity index is 1.81.